The van der Waals surface area contributed by atoms with Gasteiger partial charge in [-0.3, -0.25) is 4.98 Å². The second-order valence-corrected chi connectivity index (χ2v) is 6.63. The van der Waals surface area contributed by atoms with Gasteiger partial charge in [-0.25, -0.2) is 4.98 Å². The zero-order valence-corrected chi connectivity index (χ0v) is 14.8. The van der Waals surface area contributed by atoms with Gasteiger partial charge in [0.05, 0.1) is 5.52 Å². The van der Waals surface area contributed by atoms with Gasteiger partial charge in [-0.15, -0.1) is 0 Å². The fourth-order valence-electron chi connectivity index (χ4n) is 3.34. The molecule has 2 aromatic carbocycles. The van der Waals surface area contributed by atoms with Gasteiger partial charge in [0.15, 0.2) is 17.3 Å². The van der Waals surface area contributed by atoms with Crippen LogP contribution in [0.5, 0.6) is 11.5 Å². The molecule has 3 heterocycles. The van der Waals surface area contributed by atoms with Gasteiger partial charge in [0.1, 0.15) is 5.52 Å². The molecule has 1 aliphatic heterocycles. The van der Waals surface area contributed by atoms with Crippen LogP contribution in [0, 0.1) is 6.92 Å². The van der Waals surface area contributed by atoms with E-state index in [1.165, 1.54) is 0 Å². The van der Waals surface area contributed by atoms with Gasteiger partial charge in [0.2, 0.25) is 6.79 Å². The number of hydrogen-bond acceptors (Lipinski definition) is 5. The van der Waals surface area contributed by atoms with E-state index in [1.807, 2.05) is 49.5 Å². The number of ether oxygens (including phenoxy) is 2. The third-order valence-corrected chi connectivity index (χ3v) is 4.70. The van der Waals surface area contributed by atoms with Gasteiger partial charge in [-0.2, -0.15) is 0 Å². The number of nitrogens with two attached hydrogens (primary N) is 1. The van der Waals surface area contributed by atoms with Crippen molar-refractivity contribution in [3.05, 3.63) is 65.4 Å². The van der Waals surface area contributed by atoms with Crippen LogP contribution < -0.4 is 15.2 Å². The molecular formula is C22H17N3O2. The number of benzene rings is 2. The molecule has 5 rings (SSSR count). The van der Waals surface area contributed by atoms with Crippen LogP contribution in [0.2, 0.25) is 0 Å². The Morgan fingerprint density at radius 3 is 2.70 bits per heavy atom. The lowest BCUT2D eigenvalue weighted by Crippen LogP contribution is -1.96. The average Bonchev–Trinajstić information content (AvgIpc) is 3.14. The molecule has 27 heavy (non-hydrogen) atoms. The van der Waals surface area contributed by atoms with Gasteiger partial charge in [0.25, 0.3) is 0 Å². The highest BCUT2D eigenvalue weighted by Crippen LogP contribution is 2.33. The molecule has 2 N–H and O–H groups in total. The molecule has 1 aliphatic rings. The molecule has 0 spiro atoms. The van der Waals surface area contributed by atoms with Crippen molar-refractivity contribution < 1.29 is 9.47 Å². The summed E-state index contributed by atoms with van der Waals surface area (Å²) in [5.41, 5.74) is 10.9. The van der Waals surface area contributed by atoms with Crippen LogP contribution in [-0.4, -0.2) is 16.8 Å². The van der Waals surface area contributed by atoms with Crippen LogP contribution in [-0.2, 0) is 0 Å². The molecule has 0 saturated heterocycles. The van der Waals surface area contributed by atoms with Crippen molar-refractivity contribution in [2.45, 2.75) is 6.92 Å². The van der Waals surface area contributed by atoms with E-state index in [2.05, 4.69) is 28.2 Å². The highest BCUT2D eigenvalue weighted by molar-refractivity contribution is 6.08. The van der Waals surface area contributed by atoms with Gasteiger partial charge >= 0.3 is 0 Å². The number of nitrogen functional groups attached to an aromatic ring is 1. The Balaban J connectivity index is 1.58. The van der Waals surface area contributed by atoms with E-state index in [-0.39, 0.29) is 6.79 Å². The third kappa shape index (κ3) is 2.73. The number of pyridine rings is 2. The summed E-state index contributed by atoms with van der Waals surface area (Å²) in [5, 5.41) is 2.06. The molecule has 0 aliphatic carbocycles. The monoisotopic (exact) mass is 355 g/mol. The van der Waals surface area contributed by atoms with Crippen LogP contribution >= 0.6 is 0 Å². The Labute approximate surface area is 156 Å². The zero-order chi connectivity index (χ0) is 18.4. The summed E-state index contributed by atoms with van der Waals surface area (Å²) >= 11 is 0. The molecule has 0 amide bonds. The van der Waals surface area contributed by atoms with E-state index < -0.39 is 0 Å². The zero-order valence-electron chi connectivity index (χ0n) is 14.8. The number of rotatable bonds is 2. The molecule has 132 valence electrons. The van der Waals surface area contributed by atoms with Crippen molar-refractivity contribution in [2.24, 2.45) is 0 Å². The molecule has 0 atom stereocenters. The van der Waals surface area contributed by atoms with E-state index in [0.717, 1.165) is 50.0 Å². The van der Waals surface area contributed by atoms with Crippen molar-refractivity contribution in [3.8, 4) is 11.5 Å². The molecule has 0 radical (unpaired) electrons. The second-order valence-electron chi connectivity index (χ2n) is 6.63. The standard InChI is InChI=1S/C22H17N3O2/c1-13-2-6-16-17-9-15(11-24-21(17)22(23)25-18(16)8-13)4-3-14-5-7-19-20(10-14)27-12-26-19/h2-11H,12H2,1H3,(H2,23,25). The Hall–Kier alpha value is -3.60. The first-order valence-electron chi connectivity index (χ1n) is 8.71. The molecule has 4 aromatic rings. The third-order valence-electron chi connectivity index (χ3n) is 4.70. The van der Waals surface area contributed by atoms with Crippen molar-refractivity contribution in [1.82, 2.24) is 9.97 Å². The van der Waals surface area contributed by atoms with E-state index in [1.54, 1.807) is 0 Å². The van der Waals surface area contributed by atoms with Gasteiger partial charge in [0, 0.05) is 17.0 Å². The fraction of sp³-hybridized carbons (Fsp3) is 0.0909. The minimum absolute atomic E-state index is 0.277. The average molecular weight is 355 g/mol. The largest absolute Gasteiger partial charge is 0.454 e. The minimum atomic E-state index is 0.277. The maximum atomic E-state index is 6.12. The first-order chi connectivity index (χ1) is 13.2. The quantitative estimate of drug-likeness (QED) is 0.533. The van der Waals surface area contributed by atoms with Crippen LogP contribution in [0.3, 0.4) is 0 Å². The lowest BCUT2D eigenvalue weighted by Gasteiger charge is -2.07. The molecule has 0 unspecified atom stereocenters. The SMILES string of the molecule is Cc1ccc2c(c1)nc(N)c1ncc(C=Cc3ccc4c(c3)OCO4)cc12. The summed E-state index contributed by atoms with van der Waals surface area (Å²) in [4.78, 5) is 9.03. The highest BCUT2D eigenvalue weighted by Gasteiger charge is 2.12. The lowest BCUT2D eigenvalue weighted by molar-refractivity contribution is 0.174. The first kappa shape index (κ1) is 15.6. The van der Waals surface area contributed by atoms with Crippen molar-refractivity contribution >= 4 is 39.8 Å². The number of anilines is 1. The summed E-state index contributed by atoms with van der Waals surface area (Å²) in [6.07, 6.45) is 5.87. The van der Waals surface area contributed by atoms with E-state index in [0.29, 0.717) is 5.82 Å². The minimum Gasteiger partial charge on any atom is -0.454 e. The highest BCUT2D eigenvalue weighted by atomic mass is 16.7. The van der Waals surface area contributed by atoms with Crippen LogP contribution in [0.15, 0.2) is 48.7 Å². The van der Waals surface area contributed by atoms with Crippen LogP contribution in [0.4, 0.5) is 5.82 Å². The Morgan fingerprint density at radius 1 is 0.926 bits per heavy atom. The molecule has 5 nitrogen and oxygen atoms in total. The number of nitrogens with zero attached hydrogens (tertiary/aromatic N) is 2. The summed E-state index contributed by atoms with van der Waals surface area (Å²) < 4.78 is 10.8. The molecular weight excluding hydrogens is 338 g/mol. The number of aryl methyl sites for hydroxylation is 1. The normalized spacial score (nSPS) is 13.1. The molecule has 0 saturated carbocycles. The smallest absolute Gasteiger partial charge is 0.231 e. The number of fused-ring (bicyclic) bond motifs is 4. The topological polar surface area (TPSA) is 70.3 Å². The maximum absolute atomic E-state index is 6.12. The Bertz CT molecular complexity index is 1230. The van der Waals surface area contributed by atoms with Gasteiger partial charge < -0.3 is 15.2 Å². The van der Waals surface area contributed by atoms with Crippen LogP contribution in [0.1, 0.15) is 16.7 Å². The molecule has 0 fully saturated rings. The first-order valence-corrected chi connectivity index (χ1v) is 8.71. The Morgan fingerprint density at radius 2 is 1.78 bits per heavy atom. The molecule has 2 aromatic heterocycles. The molecule has 5 heteroatoms. The number of hydrogen-bond donors (Lipinski definition) is 1. The predicted molar refractivity (Wildman–Crippen MR) is 108 cm³/mol. The summed E-state index contributed by atoms with van der Waals surface area (Å²) in [6.45, 7) is 2.32. The van der Waals surface area contributed by atoms with E-state index >= 15 is 0 Å². The predicted octanol–water partition coefficient (Wildman–Crippen LogP) is 4.57. The number of aromatic nitrogens is 2. The summed E-state index contributed by atoms with van der Waals surface area (Å²) in [7, 11) is 0. The second kappa shape index (κ2) is 5.99. The van der Waals surface area contributed by atoms with Crippen molar-refractivity contribution in [2.75, 3.05) is 12.5 Å². The molecule has 0 bridgehead atoms. The maximum Gasteiger partial charge on any atom is 0.231 e. The fourth-order valence-corrected chi connectivity index (χ4v) is 3.34. The van der Waals surface area contributed by atoms with Crippen molar-refractivity contribution in [1.29, 1.82) is 0 Å². The van der Waals surface area contributed by atoms with Crippen LogP contribution in [0.25, 0.3) is 34.0 Å². The van der Waals surface area contributed by atoms with Crippen molar-refractivity contribution in [3.63, 3.8) is 0 Å². The lowest BCUT2D eigenvalue weighted by atomic mass is 10.1. The summed E-state index contributed by atoms with van der Waals surface area (Å²) in [5.74, 6) is 2.01. The Kier molecular flexibility index (Phi) is 3.47. The van der Waals surface area contributed by atoms with E-state index in [4.69, 9.17) is 15.2 Å². The van der Waals surface area contributed by atoms with E-state index in [9.17, 15) is 0 Å². The summed E-state index contributed by atoms with van der Waals surface area (Å²) in [6, 6.07) is 14.2. The van der Waals surface area contributed by atoms with Gasteiger partial charge in [-0.1, -0.05) is 30.4 Å². The van der Waals surface area contributed by atoms with Gasteiger partial charge in [-0.05, 0) is 47.9 Å².